The fourth-order valence-electron chi connectivity index (χ4n) is 1.25. The molecule has 90 valence electrons. The number of methoxy groups -OCH3 is 1. The highest BCUT2D eigenvalue weighted by atomic mass is 19.1. The second-order valence-electron chi connectivity index (χ2n) is 4.41. The molecule has 1 aromatic carbocycles. The summed E-state index contributed by atoms with van der Waals surface area (Å²) in [5.74, 6) is -0.145. The maximum absolute atomic E-state index is 13.7. The van der Waals surface area contributed by atoms with E-state index in [-0.39, 0.29) is 18.2 Å². The fraction of sp³-hybridized carbons (Fsp3) is 0.500. The Morgan fingerprint density at radius 2 is 2.06 bits per heavy atom. The van der Waals surface area contributed by atoms with Gasteiger partial charge in [0.15, 0.2) is 11.6 Å². The van der Waals surface area contributed by atoms with Crippen LogP contribution < -0.4 is 10.5 Å². The molecule has 2 N–H and O–H groups in total. The van der Waals surface area contributed by atoms with Gasteiger partial charge in [0.1, 0.15) is 0 Å². The molecule has 4 heteroatoms. The lowest BCUT2D eigenvalue weighted by molar-refractivity contribution is 0.0829. The van der Waals surface area contributed by atoms with E-state index in [1.54, 1.807) is 18.2 Å². The zero-order valence-electron chi connectivity index (χ0n) is 9.92. The second kappa shape index (κ2) is 5.27. The van der Waals surface area contributed by atoms with Crippen LogP contribution in [-0.2, 0) is 11.3 Å². The zero-order valence-corrected chi connectivity index (χ0v) is 9.92. The summed E-state index contributed by atoms with van der Waals surface area (Å²) in [6.45, 7) is 4.29. The number of hydrogen-bond donors (Lipinski definition) is 1. The predicted molar refractivity (Wildman–Crippen MR) is 60.9 cm³/mol. The number of hydrogen-bond acceptors (Lipinski definition) is 3. The molecule has 0 aromatic heterocycles. The van der Waals surface area contributed by atoms with E-state index >= 15 is 0 Å². The quantitative estimate of drug-likeness (QED) is 0.837. The average molecular weight is 227 g/mol. The number of rotatable bonds is 5. The Morgan fingerprint density at radius 1 is 1.38 bits per heavy atom. The van der Waals surface area contributed by atoms with Crippen molar-refractivity contribution in [3.05, 3.63) is 29.6 Å². The molecule has 0 radical (unpaired) electrons. The van der Waals surface area contributed by atoms with Gasteiger partial charge in [-0.25, -0.2) is 4.39 Å². The van der Waals surface area contributed by atoms with E-state index in [1.807, 2.05) is 13.8 Å². The summed E-state index contributed by atoms with van der Waals surface area (Å²) in [6, 6.07) is 4.97. The minimum Gasteiger partial charge on any atom is -0.494 e. The lowest BCUT2D eigenvalue weighted by Crippen LogP contribution is -2.37. The van der Waals surface area contributed by atoms with Crippen molar-refractivity contribution < 1.29 is 13.9 Å². The first-order valence-electron chi connectivity index (χ1n) is 5.12. The van der Waals surface area contributed by atoms with Gasteiger partial charge in [-0.1, -0.05) is 12.1 Å². The predicted octanol–water partition coefficient (Wildman–Crippen LogP) is 2.09. The molecule has 0 saturated carbocycles. The normalized spacial score (nSPS) is 11.6. The zero-order chi connectivity index (χ0) is 12.2. The molecule has 0 fully saturated rings. The first kappa shape index (κ1) is 12.9. The molecule has 0 saturated heterocycles. The van der Waals surface area contributed by atoms with E-state index in [1.165, 1.54) is 7.11 Å². The third-order valence-corrected chi connectivity index (χ3v) is 1.99. The van der Waals surface area contributed by atoms with Gasteiger partial charge in [0.05, 0.1) is 20.3 Å². The molecule has 0 aliphatic heterocycles. The molecular formula is C12H18FNO2. The molecule has 3 nitrogen and oxygen atoms in total. The van der Waals surface area contributed by atoms with E-state index in [9.17, 15) is 4.39 Å². The molecule has 1 rings (SSSR count). The van der Waals surface area contributed by atoms with E-state index in [4.69, 9.17) is 15.2 Å². The fourth-order valence-corrected chi connectivity index (χ4v) is 1.25. The average Bonchev–Trinajstić information content (AvgIpc) is 2.19. The molecule has 0 aliphatic rings. The maximum atomic E-state index is 13.7. The number of benzene rings is 1. The van der Waals surface area contributed by atoms with Gasteiger partial charge in [0.25, 0.3) is 0 Å². The lowest BCUT2D eigenvalue weighted by Gasteiger charge is -2.18. The molecule has 16 heavy (non-hydrogen) atoms. The SMILES string of the molecule is COc1cccc(COCC(C)(C)N)c1F. The molecule has 0 spiro atoms. The van der Waals surface area contributed by atoms with Crippen molar-refractivity contribution in [2.45, 2.75) is 26.0 Å². The first-order chi connectivity index (χ1) is 7.44. The van der Waals surface area contributed by atoms with Crippen LogP contribution in [-0.4, -0.2) is 19.3 Å². The second-order valence-corrected chi connectivity index (χ2v) is 4.41. The Labute approximate surface area is 95.4 Å². The van der Waals surface area contributed by atoms with Gasteiger partial charge < -0.3 is 15.2 Å². The van der Waals surface area contributed by atoms with Crippen molar-refractivity contribution >= 4 is 0 Å². The van der Waals surface area contributed by atoms with Crippen LogP contribution >= 0.6 is 0 Å². The maximum Gasteiger partial charge on any atom is 0.170 e. The Bertz CT molecular complexity index is 347. The van der Waals surface area contributed by atoms with Crippen LogP contribution in [0.5, 0.6) is 5.75 Å². The van der Waals surface area contributed by atoms with E-state index in [0.29, 0.717) is 12.2 Å². The highest BCUT2D eigenvalue weighted by molar-refractivity contribution is 5.30. The van der Waals surface area contributed by atoms with E-state index in [0.717, 1.165) is 0 Å². The Morgan fingerprint density at radius 3 is 2.62 bits per heavy atom. The van der Waals surface area contributed by atoms with Gasteiger partial charge >= 0.3 is 0 Å². The standard InChI is InChI=1S/C12H18FNO2/c1-12(2,14)8-16-7-9-5-4-6-10(15-3)11(9)13/h4-6H,7-8,14H2,1-3H3. The summed E-state index contributed by atoms with van der Waals surface area (Å²) in [5, 5.41) is 0. The Balaban J connectivity index is 2.61. The molecule has 0 heterocycles. The molecule has 0 aliphatic carbocycles. The molecule has 0 unspecified atom stereocenters. The molecule has 1 aromatic rings. The third kappa shape index (κ3) is 3.79. The van der Waals surface area contributed by atoms with Gasteiger partial charge in [0, 0.05) is 11.1 Å². The number of ether oxygens (including phenoxy) is 2. The molecule has 0 amide bonds. The van der Waals surface area contributed by atoms with Crippen molar-refractivity contribution in [3.63, 3.8) is 0 Å². The highest BCUT2D eigenvalue weighted by Gasteiger charge is 2.12. The van der Waals surface area contributed by atoms with Gasteiger partial charge in [-0.2, -0.15) is 0 Å². The Hall–Kier alpha value is -1.13. The monoisotopic (exact) mass is 227 g/mol. The summed E-state index contributed by atoms with van der Waals surface area (Å²) >= 11 is 0. The van der Waals surface area contributed by atoms with Crippen LogP contribution in [0.2, 0.25) is 0 Å². The van der Waals surface area contributed by atoms with E-state index < -0.39 is 5.54 Å². The van der Waals surface area contributed by atoms with Crippen LogP contribution in [0.4, 0.5) is 4.39 Å². The van der Waals surface area contributed by atoms with Crippen LogP contribution in [0.3, 0.4) is 0 Å². The summed E-state index contributed by atoms with van der Waals surface area (Å²) in [7, 11) is 1.44. The van der Waals surface area contributed by atoms with Crippen LogP contribution in [0.25, 0.3) is 0 Å². The molecular weight excluding hydrogens is 209 g/mol. The van der Waals surface area contributed by atoms with Gasteiger partial charge in [-0.3, -0.25) is 0 Å². The number of nitrogens with two attached hydrogens (primary N) is 1. The van der Waals surface area contributed by atoms with Gasteiger partial charge in [0.2, 0.25) is 0 Å². The minimum absolute atomic E-state index is 0.198. The van der Waals surface area contributed by atoms with Crippen molar-refractivity contribution in [1.29, 1.82) is 0 Å². The van der Waals surface area contributed by atoms with E-state index in [2.05, 4.69) is 0 Å². The summed E-state index contributed by atoms with van der Waals surface area (Å²) in [4.78, 5) is 0. The van der Waals surface area contributed by atoms with Gasteiger partial charge in [-0.15, -0.1) is 0 Å². The molecule has 0 bridgehead atoms. The topological polar surface area (TPSA) is 44.5 Å². The van der Waals surface area contributed by atoms with Gasteiger partial charge in [-0.05, 0) is 19.9 Å². The minimum atomic E-state index is -0.407. The summed E-state index contributed by atoms with van der Waals surface area (Å²) in [6.07, 6.45) is 0. The number of halogens is 1. The van der Waals surface area contributed by atoms with Crippen LogP contribution in [0.15, 0.2) is 18.2 Å². The first-order valence-corrected chi connectivity index (χ1v) is 5.12. The van der Waals surface area contributed by atoms with Crippen molar-refractivity contribution in [2.75, 3.05) is 13.7 Å². The molecule has 0 atom stereocenters. The smallest absolute Gasteiger partial charge is 0.170 e. The summed E-state index contributed by atoms with van der Waals surface area (Å²) in [5.41, 5.74) is 5.82. The highest BCUT2D eigenvalue weighted by Crippen LogP contribution is 2.20. The third-order valence-electron chi connectivity index (χ3n) is 1.99. The van der Waals surface area contributed by atoms with Crippen molar-refractivity contribution in [2.24, 2.45) is 5.73 Å². The van der Waals surface area contributed by atoms with Crippen molar-refractivity contribution in [1.82, 2.24) is 0 Å². The lowest BCUT2D eigenvalue weighted by atomic mass is 10.1. The largest absolute Gasteiger partial charge is 0.494 e. The van der Waals surface area contributed by atoms with Crippen LogP contribution in [0, 0.1) is 5.82 Å². The van der Waals surface area contributed by atoms with Crippen LogP contribution in [0.1, 0.15) is 19.4 Å². The van der Waals surface area contributed by atoms with Crippen molar-refractivity contribution in [3.8, 4) is 5.75 Å². The summed E-state index contributed by atoms with van der Waals surface area (Å²) < 4.78 is 23.9. The Kier molecular flexibility index (Phi) is 4.26.